The second-order valence-electron chi connectivity index (χ2n) is 2.97. The zero-order chi connectivity index (χ0) is 12.0. The summed E-state index contributed by atoms with van der Waals surface area (Å²) in [6, 6.07) is 0. The summed E-state index contributed by atoms with van der Waals surface area (Å²) in [6.45, 7) is -0.227. The molecule has 0 aromatic heterocycles. The van der Waals surface area contributed by atoms with Gasteiger partial charge in [0.15, 0.2) is 5.92 Å². The average molecular weight is 220 g/mol. The maximum Gasteiger partial charge on any atom is 0.318 e. The maximum absolute atomic E-state index is 10.6. The number of aliphatic carboxylic acids is 3. The van der Waals surface area contributed by atoms with Gasteiger partial charge in [0.05, 0.1) is 13.0 Å². The Labute approximate surface area is 85.3 Å². The molecule has 0 radical (unpaired) electrons. The van der Waals surface area contributed by atoms with Gasteiger partial charge in [0.1, 0.15) is 0 Å². The molecule has 0 bridgehead atoms. The number of carboxylic acids is 3. The third kappa shape index (κ3) is 4.41. The molecule has 7 heteroatoms. The first-order chi connectivity index (χ1) is 6.90. The third-order valence-electron chi connectivity index (χ3n) is 1.82. The minimum Gasteiger partial charge on any atom is -0.481 e. The molecule has 15 heavy (non-hydrogen) atoms. The van der Waals surface area contributed by atoms with Crippen molar-refractivity contribution in [3.05, 3.63) is 0 Å². The van der Waals surface area contributed by atoms with Crippen molar-refractivity contribution in [1.82, 2.24) is 0 Å². The molecule has 1 unspecified atom stereocenters. The predicted molar refractivity (Wildman–Crippen MR) is 46.4 cm³/mol. The molecule has 86 valence electrons. The fourth-order valence-electron chi connectivity index (χ4n) is 1.22. The Morgan fingerprint density at radius 1 is 1.13 bits per heavy atom. The fraction of sp³-hybridized carbons (Fsp3) is 0.625. The molecular formula is C8H12O7. The van der Waals surface area contributed by atoms with Crippen LogP contribution in [0.3, 0.4) is 0 Å². The highest BCUT2D eigenvalue weighted by atomic mass is 16.5. The number of methoxy groups -OCH3 is 1. The molecule has 0 fully saturated rings. The maximum atomic E-state index is 10.6. The topological polar surface area (TPSA) is 121 Å². The van der Waals surface area contributed by atoms with Gasteiger partial charge in [0.25, 0.3) is 0 Å². The molecular weight excluding hydrogens is 208 g/mol. The summed E-state index contributed by atoms with van der Waals surface area (Å²) in [5, 5.41) is 25.7. The highest BCUT2D eigenvalue weighted by molar-refractivity contribution is 5.93. The van der Waals surface area contributed by atoms with Crippen LogP contribution in [0.25, 0.3) is 0 Å². The van der Waals surface area contributed by atoms with Gasteiger partial charge >= 0.3 is 17.9 Å². The number of rotatable bonds is 7. The standard InChI is InChI=1S/C8H12O7/c1-15-3-4(2-5(9)10)6(7(11)12)8(13)14/h4,6H,2-3H2,1H3,(H,9,10)(H,11,12)(H,13,14). The smallest absolute Gasteiger partial charge is 0.318 e. The summed E-state index contributed by atoms with van der Waals surface area (Å²) in [6.07, 6.45) is -0.558. The number of ether oxygens (including phenoxy) is 1. The molecule has 3 N–H and O–H groups in total. The molecule has 0 aromatic carbocycles. The second-order valence-corrected chi connectivity index (χ2v) is 2.97. The normalized spacial score (nSPS) is 12.4. The van der Waals surface area contributed by atoms with Gasteiger partial charge in [0, 0.05) is 13.0 Å². The van der Waals surface area contributed by atoms with E-state index in [0.717, 1.165) is 0 Å². The number of hydrogen-bond acceptors (Lipinski definition) is 4. The predicted octanol–water partition coefficient (Wildman–Crippen LogP) is -0.491. The number of carboxylic acid groups (broad SMARTS) is 3. The average Bonchev–Trinajstić information content (AvgIpc) is 2.01. The molecule has 0 aromatic rings. The number of carbonyl (C=O) groups is 3. The zero-order valence-electron chi connectivity index (χ0n) is 8.04. The van der Waals surface area contributed by atoms with Crippen molar-refractivity contribution in [2.24, 2.45) is 11.8 Å². The van der Waals surface area contributed by atoms with Crippen LogP contribution in [0.4, 0.5) is 0 Å². The van der Waals surface area contributed by atoms with Gasteiger partial charge in [-0.2, -0.15) is 0 Å². The van der Waals surface area contributed by atoms with Crippen molar-refractivity contribution in [1.29, 1.82) is 0 Å². The van der Waals surface area contributed by atoms with Gasteiger partial charge in [-0.3, -0.25) is 14.4 Å². The molecule has 7 nitrogen and oxygen atoms in total. The summed E-state index contributed by atoms with van der Waals surface area (Å²) in [5.41, 5.74) is 0. The van der Waals surface area contributed by atoms with Gasteiger partial charge in [0.2, 0.25) is 0 Å². The summed E-state index contributed by atoms with van der Waals surface area (Å²) >= 11 is 0. The van der Waals surface area contributed by atoms with E-state index in [9.17, 15) is 14.4 Å². The molecule has 0 aliphatic rings. The molecule has 0 aliphatic carbocycles. The van der Waals surface area contributed by atoms with Crippen molar-refractivity contribution < 1.29 is 34.4 Å². The van der Waals surface area contributed by atoms with E-state index in [1.54, 1.807) is 0 Å². The van der Waals surface area contributed by atoms with Crippen LogP contribution in [0.15, 0.2) is 0 Å². The Morgan fingerprint density at radius 3 is 1.87 bits per heavy atom. The van der Waals surface area contributed by atoms with Crippen LogP contribution in [0.1, 0.15) is 6.42 Å². The van der Waals surface area contributed by atoms with Gasteiger partial charge in [-0.05, 0) is 0 Å². The molecule has 0 saturated carbocycles. The van der Waals surface area contributed by atoms with Crippen LogP contribution >= 0.6 is 0 Å². The van der Waals surface area contributed by atoms with E-state index in [1.165, 1.54) is 7.11 Å². The Kier molecular flexibility index (Phi) is 5.32. The van der Waals surface area contributed by atoms with Crippen molar-refractivity contribution in [3.8, 4) is 0 Å². The van der Waals surface area contributed by atoms with Crippen LogP contribution in [-0.4, -0.2) is 46.9 Å². The Hall–Kier alpha value is -1.63. The van der Waals surface area contributed by atoms with E-state index in [1.807, 2.05) is 0 Å². The van der Waals surface area contributed by atoms with Crippen LogP contribution in [-0.2, 0) is 19.1 Å². The summed E-state index contributed by atoms with van der Waals surface area (Å²) in [5.74, 6) is -7.23. The largest absolute Gasteiger partial charge is 0.481 e. The molecule has 1 atom stereocenters. The molecule has 0 aliphatic heterocycles. The Bertz CT molecular complexity index is 246. The van der Waals surface area contributed by atoms with Crippen LogP contribution in [0.5, 0.6) is 0 Å². The van der Waals surface area contributed by atoms with Gasteiger partial charge < -0.3 is 20.1 Å². The molecule has 0 saturated heterocycles. The van der Waals surface area contributed by atoms with Crippen LogP contribution in [0, 0.1) is 11.8 Å². The molecule has 0 spiro atoms. The molecule has 0 heterocycles. The summed E-state index contributed by atoms with van der Waals surface area (Å²) < 4.78 is 4.60. The van der Waals surface area contributed by atoms with E-state index in [2.05, 4.69) is 4.74 Å². The number of hydrogen-bond donors (Lipinski definition) is 3. The Balaban J connectivity index is 4.74. The first kappa shape index (κ1) is 13.4. The van der Waals surface area contributed by atoms with E-state index in [-0.39, 0.29) is 6.61 Å². The van der Waals surface area contributed by atoms with E-state index in [4.69, 9.17) is 15.3 Å². The lowest BCUT2D eigenvalue weighted by Gasteiger charge is -2.17. The lowest BCUT2D eigenvalue weighted by Crippen LogP contribution is -2.35. The van der Waals surface area contributed by atoms with E-state index < -0.39 is 36.2 Å². The van der Waals surface area contributed by atoms with Crippen molar-refractivity contribution in [3.63, 3.8) is 0 Å². The minimum atomic E-state index is -1.76. The highest BCUT2D eigenvalue weighted by Gasteiger charge is 2.36. The van der Waals surface area contributed by atoms with Crippen LogP contribution < -0.4 is 0 Å². The van der Waals surface area contributed by atoms with Crippen molar-refractivity contribution in [2.45, 2.75) is 6.42 Å². The third-order valence-corrected chi connectivity index (χ3v) is 1.82. The monoisotopic (exact) mass is 220 g/mol. The quantitative estimate of drug-likeness (QED) is 0.495. The molecule has 0 amide bonds. The lowest BCUT2D eigenvalue weighted by molar-refractivity contribution is -0.159. The summed E-state index contributed by atoms with van der Waals surface area (Å²) in [7, 11) is 1.25. The minimum absolute atomic E-state index is 0.227. The Morgan fingerprint density at radius 2 is 1.60 bits per heavy atom. The first-order valence-electron chi connectivity index (χ1n) is 4.06. The van der Waals surface area contributed by atoms with Crippen LogP contribution in [0.2, 0.25) is 0 Å². The fourth-order valence-corrected chi connectivity index (χ4v) is 1.22. The van der Waals surface area contributed by atoms with E-state index >= 15 is 0 Å². The zero-order valence-corrected chi connectivity index (χ0v) is 8.04. The molecule has 0 rings (SSSR count). The van der Waals surface area contributed by atoms with Gasteiger partial charge in [-0.25, -0.2) is 0 Å². The van der Waals surface area contributed by atoms with Gasteiger partial charge in [-0.15, -0.1) is 0 Å². The van der Waals surface area contributed by atoms with Crippen molar-refractivity contribution >= 4 is 17.9 Å². The summed E-state index contributed by atoms with van der Waals surface area (Å²) in [4.78, 5) is 31.6. The second kappa shape index (κ2) is 5.97. The highest BCUT2D eigenvalue weighted by Crippen LogP contribution is 2.17. The van der Waals surface area contributed by atoms with Crippen molar-refractivity contribution in [2.75, 3.05) is 13.7 Å². The van der Waals surface area contributed by atoms with E-state index in [0.29, 0.717) is 0 Å². The first-order valence-corrected chi connectivity index (χ1v) is 4.06. The SMILES string of the molecule is COCC(CC(=O)O)C(C(=O)O)C(=O)O. The lowest BCUT2D eigenvalue weighted by atomic mass is 9.90. The van der Waals surface area contributed by atoms with Gasteiger partial charge in [-0.1, -0.05) is 0 Å².